The lowest BCUT2D eigenvalue weighted by atomic mass is 10.0. The van der Waals surface area contributed by atoms with Gasteiger partial charge in [0.2, 0.25) is 0 Å². The Morgan fingerprint density at radius 3 is 2.40 bits per heavy atom. The van der Waals surface area contributed by atoms with Crippen molar-refractivity contribution >= 4 is 47.2 Å². The highest BCUT2D eigenvalue weighted by Crippen LogP contribution is 2.63. The van der Waals surface area contributed by atoms with E-state index in [0.717, 1.165) is 0 Å². The van der Waals surface area contributed by atoms with E-state index in [4.69, 9.17) is 39.5 Å². The Morgan fingerprint density at radius 2 is 1.85 bits per heavy atom. The summed E-state index contributed by atoms with van der Waals surface area (Å²) in [5.74, 6) is 0. The average molecular weight is 356 g/mol. The summed E-state index contributed by atoms with van der Waals surface area (Å²) < 4.78 is 17.9. The van der Waals surface area contributed by atoms with Crippen LogP contribution in [0.2, 0.25) is 0 Å². The SMILES string of the molecule is COC1(C)CCC(Cl)(Cl)C(Cl)P(=O)(c2ccccc2)C1. The summed E-state index contributed by atoms with van der Waals surface area (Å²) in [6.45, 7) is 1.93. The van der Waals surface area contributed by atoms with E-state index in [9.17, 15) is 4.57 Å². The van der Waals surface area contributed by atoms with E-state index in [-0.39, 0.29) is 0 Å². The summed E-state index contributed by atoms with van der Waals surface area (Å²) in [7, 11) is -1.36. The van der Waals surface area contributed by atoms with Gasteiger partial charge in [0.25, 0.3) is 0 Å². The van der Waals surface area contributed by atoms with E-state index >= 15 is 0 Å². The zero-order chi connectivity index (χ0) is 15.0. The molecule has 1 aromatic carbocycles. The summed E-state index contributed by atoms with van der Waals surface area (Å²) >= 11 is 19.2. The third-order valence-corrected chi connectivity index (χ3v) is 10.1. The first kappa shape index (κ1) is 16.6. The molecule has 1 fully saturated rings. The molecule has 3 unspecified atom stereocenters. The lowest BCUT2D eigenvalue weighted by Crippen LogP contribution is -2.33. The van der Waals surface area contributed by atoms with E-state index in [1.807, 2.05) is 37.3 Å². The third-order valence-electron chi connectivity index (χ3n) is 3.96. The quantitative estimate of drug-likeness (QED) is 0.572. The van der Waals surface area contributed by atoms with Crippen LogP contribution in [0.5, 0.6) is 0 Å². The number of halogens is 3. The Morgan fingerprint density at radius 1 is 1.25 bits per heavy atom. The number of benzene rings is 1. The largest absolute Gasteiger partial charge is 0.378 e. The molecule has 20 heavy (non-hydrogen) atoms. The third kappa shape index (κ3) is 3.05. The first-order chi connectivity index (χ1) is 9.23. The van der Waals surface area contributed by atoms with Crippen LogP contribution in [0.4, 0.5) is 0 Å². The molecule has 0 bridgehead atoms. The fraction of sp³-hybridized carbons (Fsp3) is 0.571. The van der Waals surface area contributed by atoms with Gasteiger partial charge in [0.05, 0.1) is 5.60 Å². The van der Waals surface area contributed by atoms with Gasteiger partial charge in [-0.1, -0.05) is 53.5 Å². The molecule has 1 aromatic rings. The zero-order valence-electron chi connectivity index (χ0n) is 11.5. The summed E-state index contributed by atoms with van der Waals surface area (Å²) in [6, 6.07) is 9.21. The van der Waals surface area contributed by atoms with Crippen molar-refractivity contribution in [3.8, 4) is 0 Å². The van der Waals surface area contributed by atoms with Gasteiger partial charge in [-0.05, 0) is 19.8 Å². The number of rotatable bonds is 2. The molecule has 0 amide bonds. The molecule has 0 aromatic heterocycles. The van der Waals surface area contributed by atoms with Gasteiger partial charge in [-0.15, -0.1) is 11.6 Å². The van der Waals surface area contributed by atoms with Gasteiger partial charge in [-0.2, -0.15) is 0 Å². The van der Waals surface area contributed by atoms with Crippen LogP contribution in [-0.2, 0) is 9.30 Å². The fourth-order valence-electron chi connectivity index (χ4n) is 2.58. The molecule has 2 rings (SSSR count). The van der Waals surface area contributed by atoms with Gasteiger partial charge in [-0.3, -0.25) is 0 Å². The van der Waals surface area contributed by atoms with Crippen LogP contribution in [0.3, 0.4) is 0 Å². The Balaban J connectivity index is 2.54. The van der Waals surface area contributed by atoms with Crippen molar-refractivity contribution in [3.05, 3.63) is 30.3 Å². The normalized spacial score (nSPS) is 37.4. The summed E-state index contributed by atoms with van der Waals surface area (Å²) in [6.07, 6.45) is 1.41. The standard InChI is InChI=1S/C14H18Cl3O2P/c1-13(19-2)8-9-14(16,17)12(15)20(18,10-13)11-6-4-3-5-7-11/h3-7,12H,8-10H2,1-2H3. The second-order valence-corrected chi connectivity index (χ2v) is 10.8. The first-order valence-corrected chi connectivity index (χ1v) is 9.60. The van der Waals surface area contributed by atoms with Crippen molar-refractivity contribution in [2.45, 2.75) is 34.8 Å². The van der Waals surface area contributed by atoms with Crippen LogP contribution >= 0.6 is 41.9 Å². The van der Waals surface area contributed by atoms with Gasteiger partial charge in [0.15, 0.2) is 0 Å². The molecule has 0 radical (unpaired) electrons. The molecule has 2 nitrogen and oxygen atoms in total. The van der Waals surface area contributed by atoms with Crippen LogP contribution in [0, 0.1) is 0 Å². The van der Waals surface area contributed by atoms with Crippen molar-refractivity contribution in [2.75, 3.05) is 13.3 Å². The van der Waals surface area contributed by atoms with Crippen molar-refractivity contribution in [3.63, 3.8) is 0 Å². The van der Waals surface area contributed by atoms with Gasteiger partial charge in [-0.25, -0.2) is 0 Å². The summed E-state index contributed by atoms with van der Waals surface area (Å²) in [4.78, 5) is 0. The Labute approximate surface area is 135 Å². The number of hydrogen-bond acceptors (Lipinski definition) is 2. The van der Waals surface area contributed by atoms with E-state index in [1.54, 1.807) is 7.11 Å². The minimum atomic E-state index is -2.98. The number of methoxy groups -OCH3 is 1. The van der Waals surface area contributed by atoms with Crippen LogP contribution in [0.25, 0.3) is 0 Å². The molecule has 6 heteroatoms. The lowest BCUT2D eigenvalue weighted by Gasteiger charge is -2.32. The second-order valence-electron chi connectivity index (χ2n) is 5.54. The highest BCUT2D eigenvalue weighted by Gasteiger charge is 2.53. The summed E-state index contributed by atoms with van der Waals surface area (Å²) in [5.41, 5.74) is -0.538. The van der Waals surface area contributed by atoms with Crippen LogP contribution < -0.4 is 5.30 Å². The lowest BCUT2D eigenvalue weighted by molar-refractivity contribution is 0.0177. The smallest absolute Gasteiger partial charge is 0.141 e. The number of hydrogen-bond donors (Lipinski definition) is 0. The summed E-state index contributed by atoms with van der Waals surface area (Å²) in [5, 5.41) is -0.117. The fourth-order valence-corrected chi connectivity index (χ4v) is 7.67. The zero-order valence-corrected chi connectivity index (χ0v) is 14.6. The maximum absolute atomic E-state index is 13.6. The topological polar surface area (TPSA) is 26.3 Å². The minimum absolute atomic E-state index is 0.343. The Hall–Kier alpha value is 0.280. The number of alkyl halides is 3. The van der Waals surface area contributed by atoms with Gasteiger partial charge >= 0.3 is 0 Å². The maximum Gasteiger partial charge on any atom is 0.141 e. The van der Waals surface area contributed by atoms with Crippen LogP contribution in [0.1, 0.15) is 19.8 Å². The van der Waals surface area contributed by atoms with E-state index in [0.29, 0.717) is 24.3 Å². The molecule has 1 saturated heterocycles. The van der Waals surface area contributed by atoms with Gasteiger partial charge < -0.3 is 9.30 Å². The molecule has 1 aliphatic heterocycles. The molecule has 0 saturated carbocycles. The van der Waals surface area contributed by atoms with E-state index < -0.39 is 22.2 Å². The first-order valence-electron chi connectivity index (χ1n) is 6.45. The molecule has 3 atom stereocenters. The van der Waals surface area contributed by atoms with Gasteiger partial charge in [0.1, 0.15) is 16.6 Å². The molecular weight excluding hydrogens is 337 g/mol. The molecule has 0 N–H and O–H groups in total. The van der Waals surface area contributed by atoms with Crippen molar-refractivity contribution in [1.29, 1.82) is 0 Å². The Kier molecular flexibility index (Phi) is 4.84. The predicted molar refractivity (Wildman–Crippen MR) is 87.3 cm³/mol. The van der Waals surface area contributed by atoms with E-state index in [1.165, 1.54) is 0 Å². The predicted octanol–water partition coefficient (Wildman–Crippen LogP) is 4.61. The highest BCUT2D eigenvalue weighted by molar-refractivity contribution is 7.74. The van der Waals surface area contributed by atoms with Crippen LogP contribution in [-0.4, -0.2) is 28.3 Å². The molecule has 112 valence electrons. The van der Waals surface area contributed by atoms with Crippen molar-refractivity contribution in [1.82, 2.24) is 0 Å². The monoisotopic (exact) mass is 354 g/mol. The highest BCUT2D eigenvalue weighted by atomic mass is 35.5. The average Bonchev–Trinajstić information content (AvgIpc) is 2.51. The van der Waals surface area contributed by atoms with Crippen molar-refractivity contribution < 1.29 is 9.30 Å². The molecule has 0 spiro atoms. The van der Waals surface area contributed by atoms with Crippen LogP contribution in [0.15, 0.2) is 30.3 Å². The molecule has 1 heterocycles. The molecule has 0 aliphatic carbocycles. The second kappa shape index (κ2) is 5.82. The minimum Gasteiger partial charge on any atom is -0.378 e. The molecular formula is C14H18Cl3O2P. The molecule has 1 aliphatic rings. The number of ether oxygens (including phenoxy) is 1. The van der Waals surface area contributed by atoms with Crippen molar-refractivity contribution in [2.24, 2.45) is 0 Å². The van der Waals surface area contributed by atoms with Gasteiger partial charge in [0, 0.05) is 18.6 Å². The maximum atomic E-state index is 13.6. The Bertz CT molecular complexity index is 520. The van der Waals surface area contributed by atoms with E-state index in [2.05, 4.69) is 0 Å².